The van der Waals surface area contributed by atoms with E-state index in [1.807, 2.05) is 43.5 Å². The van der Waals surface area contributed by atoms with Crippen LogP contribution in [0.1, 0.15) is 33.6 Å². The number of hydrogen-bond donors (Lipinski definition) is 0. The number of rotatable bonds is 5. The van der Waals surface area contributed by atoms with Crippen LogP contribution in [-0.4, -0.2) is 9.55 Å². The number of nitrogens with zero attached hydrogens (tertiary/aromatic N) is 2. The predicted octanol–water partition coefficient (Wildman–Crippen LogP) is 6.04. The van der Waals surface area contributed by atoms with E-state index in [2.05, 4.69) is 36.4 Å². The summed E-state index contributed by atoms with van der Waals surface area (Å²) in [6.45, 7) is 9.12. The maximum absolute atomic E-state index is 14.3. The Morgan fingerprint density at radius 3 is 2.55 bits per heavy atom. The Balaban J connectivity index is 1.75. The predicted molar refractivity (Wildman–Crippen MR) is 115 cm³/mol. The lowest BCUT2D eigenvalue weighted by atomic mass is 10.1. The summed E-state index contributed by atoms with van der Waals surface area (Å²) in [5.74, 6) is 0.665. The van der Waals surface area contributed by atoms with Gasteiger partial charge < -0.3 is 9.30 Å². The van der Waals surface area contributed by atoms with Gasteiger partial charge >= 0.3 is 0 Å². The normalized spacial score (nSPS) is 11.2. The van der Waals surface area contributed by atoms with Gasteiger partial charge in [0.15, 0.2) is 0 Å². The first kappa shape index (κ1) is 19.2. The Kier molecular flexibility index (Phi) is 5.10. The zero-order chi connectivity index (χ0) is 20.5. The molecular formula is C25H25FN2O. The van der Waals surface area contributed by atoms with Crippen molar-refractivity contribution < 1.29 is 9.13 Å². The Morgan fingerprint density at radius 2 is 1.79 bits per heavy atom. The molecule has 0 saturated carbocycles. The monoisotopic (exact) mass is 388 g/mol. The van der Waals surface area contributed by atoms with Crippen LogP contribution in [0.3, 0.4) is 0 Å². The van der Waals surface area contributed by atoms with Crippen LogP contribution in [0.5, 0.6) is 5.75 Å². The van der Waals surface area contributed by atoms with Gasteiger partial charge in [0.25, 0.3) is 0 Å². The molecule has 0 atom stereocenters. The van der Waals surface area contributed by atoms with Crippen LogP contribution >= 0.6 is 0 Å². The first-order valence-corrected chi connectivity index (χ1v) is 9.82. The van der Waals surface area contributed by atoms with Crippen LogP contribution in [-0.2, 0) is 13.2 Å². The zero-order valence-corrected chi connectivity index (χ0v) is 17.3. The fourth-order valence-electron chi connectivity index (χ4n) is 3.87. The van der Waals surface area contributed by atoms with Gasteiger partial charge in [0.1, 0.15) is 23.9 Å². The molecule has 4 aromatic rings. The average molecular weight is 388 g/mol. The van der Waals surface area contributed by atoms with Gasteiger partial charge in [-0.25, -0.2) is 4.39 Å². The third-order valence-electron chi connectivity index (χ3n) is 5.60. The summed E-state index contributed by atoms with van der Waals surface area (Å²) < 4.78 is 22.6. The van der Waals surface area contributed by atoms with Crippen LogP contribution in [0, 0.1) is 33.5 Å². The van der Waals surface area contributed by atoms with Crippen molar-refractivity contribution in [1.29, 1.82) is 0 Å². The highest BCUT2D eigenvalue weighted by Crippen LogP contribution is 2.29. The van der Waals surface area contributed by atoms with Crippen molar-refractivity contribution in [3.63, 3.8) is 0 Å². The summed E-state index contributed by atoms with van der Waals surface area (Å²) in [7, 11) is 0. The Morgan fingerprint density at radius 1 is 1.00 bits per heavy atom. The molecule has 0 aliphatic rings. The maximum Gasteiger partial charge on any atom is 0.132 e. The fraction of sp³-hybridized carbons (Fsp3) is 0.240. The van der Waals surface area contributed by atoms with Crippen molar-refractivity contribution in [2.45, 2.75) is 40.8 Å². The van der Waals surface area contributed by atoms with Crippen LogP contribution in [0.4, 0.5) is 4.39 Å². The van der Waals surface area contributed by atoms with Gasteiger partial charge in [-0.15, -0.1) is 0 Å². The highest BCUT2D eigenvalue weighted by molar-refractivity contribution is 5.87. The number of hydrogen-bond acceptors (Lipinski definition) is 2. The standard InChI is InChI=1S/C25H25FN2O/c1-16-9-10-24(17(2)13-16)29-15-23-25-21(11-12-27-23)18(3)19(4)28(25)14-20-7-5-6-8-22(20)26/h5-13H,14-15H2,1-4H3. The second kappa shape index (κ2) is 7.70. The molecule has 0 bridgehead atoms. The van der Waals surface area contributed by atoms with Crippen molar-refractivity contribution in [2.24, 2.45) is 0 Å². The van der Waals surface area contributed by atoms with Crippen LogP contribution in [0.15, 0.2) is 54.7 Å². The number of fused-ring (bicyclic) bond motifs is 1. The molecule has 2 heterocycles. The van der Waals surface area contributed by atoms with E-state index in [0.717, 1.165) is 33.6 Å². The van der Waals surface area contributed by atoms with Crippen LogP contribution in [0.25, 0.3) is 10.9 Å². The van der Waals surface area contributed by atoms with Gasteiger partial charge in [0.05, 0.1) is 12.1 Å². The minimum atomic E-state index is -0.191. The number of aryl methyl sites for hydroxylation is 3. The molecule has 0 saturated heterocycles. The third kappa shape index (κ3) is 3.63. The fourth-order valence-corrected chi connectivity index (χ4v) is 3.87. The SMILES string of the molecule is Cc1ccc(OCc2nccc3c(C)c(C)n(Cc4ccccc4F)c23)c(C)c1. The summed E-state index contributed by atoms with van der Waals surface area (Å²) in [6, 6.07) is 15.1. The van der Waals surface area contributed by atoms with Gasteiger partial charge in [-0.05, 0) is 57.0 Å². The molecule has 4 rings (SSSR count). The first-order chi connectivity index (χ1) is 14.0. The van der Waals surface area contributed by atoms with Gasteiger partial charge in [0, 0.05) is 22.8 Å². The second-order valence-electron chi connectivity index (χ2n) is 7.60. The lowest BCUT2D eigenvalue weighted by Gasteiger charge is -2.13. The molecular weight excluding hydrogens is 363 g/mol. The average Bonchev–Trinajstić information content (AvgIpc) is 2.94. The summed E-state index contributed by atoms with van der Waals surface area (Å²) >= 11 is 0. The Hall–Kier alpha value is -3.14. The minimum absolute atomic E-state index is 0.191. The summed E-state index contributed by atoms with van der Waals surface area (Å²) in [5.41, 5.74) is 7.14. The van der Waals surface area contributed by atoms with Crippen LogP contribution < -0.4 is 4.74 Å². The number of halogens is 1. The van der Waals surface area contributed by atoms with Crippen molar-refractivity contribution in [1.82, 2.24) is 9.55 Å². The molecule has 0 unspecified atom stereocenters. The molecule has 3 nitrogen and oxygen atoms in total. The molecule has 2 aromatic carbocycles. The summed E-state index contributed by atoms with van der Waals surface area (Å²) in [5, 5.41) is 1.13. The molecule has 2 aromatic heterocycles. The van der Waals surface area contributed by atoms with E-state index < -0.39 is 0 Å². The van der Waals surface area contributed by atoms with E-state index in [0.29, 0.717) is 18.7 Å². The van der Waals surface area contributed by atoms with E-state index in [1.165, 1.54) is 17.2 Å². The number of ether oxygens (including phenoxy) is 1. The Labute approximate surface area is 170 Å². The molecule has 148 valence electrons. The lowest BCUT2D eigenvalue weighted by Crippen LogP contribution is -2.08. The maximum atomic E-state index is 14.3. The molecule has 0 spiro atoms. The van der Waals surface area contributed by atoms with E-state index in [4.69, 9.17) is 4.74 Å². The molecule has 0 fully saturated rings. The number of aromatic nitrogens is 2. The smallest absolute Gasteiger partial charge is 0.132 e. The highest BCUT2D eigenvalue weighted by atomic mass is 19.1. The van der Waals surface area contributed by atoms with Crippen molar-refractivity contribution in [3.05, 3.63) is 94.2 Å². The molecule has 0 aliphatic carbocycles. The minimum Gasteiger partial charge on any atom is -0.487 e. The highest BCUT2D eigenvalue weighted by Gasteiger charge is 2.17. The van der Waals surface area contributed by atoms with E-state index in [1.54, 1.807) is 6.07 Å². The van der Waals surface area contributed by atoms with Gasteiger partial charge in [-0.1, -0.05) is 35.9 Å². The number of benzene rings is 2. The molecule has 4 heteroatoms. The van der Waals surface area contributed by atoms with E-state index in [-0.39, 0.29) is 5.82 Å². The molecule has 0 aliphatic heterocycles. The quantitative estimate of drug-likeness (QED) is 0.417. The summed E-state index contributed by atoms with van der Waals surface area (Å²) in [4.78, 5) is 4.61. The van der Waals surface area contributed by atoms with Crippen molar-refractivity contribution >= 4 is 10.9 Å². The second-order valence-corrected chi connectivity index (χ2v) is 7.60. The molecule has 29 heavy (non-hydrogen) atoms. The first-order valence-electron chi connectivity index (χ1n) is 9.82. The topological polar surface area (TPSA) is 27.1 Å². The third-order valence-corrected chi connectivity index (χ3v) is 5.60. The van der Waals surface area contributed by atoms with Crippen LogP contribution in [0.2, 0.25) is 0 Å². The molecule has 0 N–H and O–H groups in total. The van der Waals surface area contributed by atoms with E-state index in [9.17, 15) is 4.39 Å². The largest absolute Gasteiger partial charge is 0.487 e. The molecule has 0 radical (unpaired) electrons. The zero-order valence-electron chi connectivity index (χ0n) is 17.3. The van der Waals surface area contributed by atoms with Gasteiger partial charge in [-0.3, -0.25) is 4.98 Å². The Bertz CT molecular complexity index is 1190. The number of pyridine rings is 1. The van der Waals surface area contributed by atoms with Gasteiger partial charge in [0.2, 0.25) is 0 Å². The van der Waals surface area contributed by atoms with Gasteiger partial charge in [-0.2, -0.15) is 0 Å². The van der Waals surface area contributed by atoms with Crippen molar-refractivity contribution in [2.75, 3.05) is 0 Å². The van der Waals surface area contributed by atoms with Crippen molar-refractivity contribution in [3.8, 4) is 5.75 Å². The summed E-state index contributed by atoms with van der Waals surface area (Å²) in [6.07, 6.45) is 1.82. The molecule has 0 amide bonds. The van der Waals surface area contributed by atoms with E-state index >= 15 is 0 Å². The lowest BCUT2D eigenvalue weighted by molar-refractivity contribution is 0.300.